The summed E-state index contributed by atoms with van der Waals surface area (Å²) in [5, 5.41) is 13.2. The van der Waals surface area contributed by atoms with Gasteiger partial charge in [-0.1, -0.05) is 6.07 Å². The fourth-order valence-electron chi connectivity index (χ4n) is 2.36. The van der Waals surface area contributed by atoms with E-state index in [2.05, 4.69) is 25.8 Å². The van der Waals surface area contributed by atoms with E-state index in [4.69, 9.17) is 0 Å². The molecule has 1 aliphatic heterocycles. The zero-order chi connectivity index (χ0) is 13.9. The van der Waals surface area contributed by atoms with E-state index in [0.717, 1.165) is 35.5 Å². The molecule has 20 heavy (non-hydrogen) atoms. The highest BCUT2D eigenvalue weighted by atomic mass is 16.1. The van der Waals surface area contributed by atoms with E-state index < -0.39 is 0 Å². The first-order valence-corrected chi connectivity index (χ1v) is 6.71. The van der Waals surface area contributed by atoms with Crippen molar-refractivity contribution in [3.05, 3.63) is 46.5 Å². The number of fused-ring (bicyclic) bond motifs is 1. The molecule has 3 heterocycles. The molecule has 6 nitrogen and oxygen atoms in total. The van der Waals surface area contributed by atoms with Gasteiger partial charge < -0.3 is 10.6 Å². The van der Waals surface area contributed by atoms with Crippen molar-refractivity contribution in [1.29, 1.82) is 0 Å². The lowest BCUT2D eigenvalue weighted by Gasteiger charge is -2.13. The third-order valence-electron chi connectivity index (χ3n) is 3.56. The Morgan fingerprint density at radius 3 is 3.25 bits per heavy atom. The van der Waals surface area contributed by atoms with E-state index in [9.17, 15) is 4.79 Å². The van der Waals surface area contributed by atoms with Gasteiger partial charge in [-0.2, -0.15) is 5.10 Å². The van der Waals surface area contributed by atoms with E-state index in [1.54, 1.807) is 6.20 Å². The number of hydrogen-bond acceptors (Lipinski definition) is 4. The summed E-state index contributed by atoms with van der Waals surface area (Å²) < 4.78 is 0. The molecule has 0 radical (unpaired) electrons. The second-order valence-electron chi connectivity index (χ2n) is 4.91. The van der Waals surface area contributed by atoms with Crippen LogP contribution in [0.4, 0.5) is 0 Å². The topological polar surface area (TPSA) is 82.7 Å². The van der Waals surface area contributed by atoms with Crippen LogP contribution in [0, 0.1) is 6.92 Å². The smallest absolute Gasteiger partial charge is 0.272 e. The number of aromatic nitrogens is 3. The summed E-state index contributed by atoms with van der Waals surface area (Å²) in [4.78, 5) is 16.5. The second kappa shape index (κ2) is 5.42. The number of aromatic amines is 1. The normalized spacial score (nSPS) is 13.8. The minimum atomic E-state index is -0.156. The monoisotopic (exact) mass is 271 g/mol. The quantitative estimate of drug-likeness (QED) is 0.767. The predicted molar refractivity (Wildman–Crippen MR) is 74.1 cm³/mol. The molecular formula is C14H17N5O. The molecule has 2 aromatic rings. The van der Waals surface area contributed by atoms with Gasteiger partial charge >= 0.3 is 0 Å². The summed E-state index contributed by atoms with van der Waals surface area (Å²) in [6.07, 6.45) is 2.61. The highest BCUT2D eigenvalue weighted by molar-refractivity contribution is 5.93. The van der Waals surface area contributed by atoms with Crippen molar-refractivity contribution in [3.8, 4) is 0 Å². The maximum Gasteiger partial charge on any atom is 0.272 e. The number of carbonyl (C=O) groups is 1. The number of nitrogens with zero attached hydrogens (tertiary/aromatic N) is 2. The molecule has 0 spiro atoms. The highest BCUT2D eigenvalue weighted by Crippen LogP contribution is 2.15. The van der Waals surface area contributed by atoms with Crippen LogP contribution in [-0.2, 0) is 19.5 Å². The standard InChI is InChI=1S/C14H17N5O/c1-9-3-2-5-16-12(9)8-17-14(20)13-10-7-15-6-4-11(10)18-19-13/h2-3,5,15H,4,6-8H2,1H3,(H,17,20)(H,18,19). The number of aryl methyl sites for hydroxylation is 1. The molecule has 3 N–H and O–H groups in total. The fourth-order valence-corrected chi connectivity index (χ4v) is 2.36. The molecule has 104 valence electrons. The van der Waals surface area contributed by atoms with Crippen LogP contribution in [0.3, 0.4) is 0 Å². The average molecular weight is 271 g/mol. The Bertz CT molecular complexity index is 634. The molecule has 3 rings (SSSR count). The van der Waals surface area contributed by atoms with Gasteiger partial charge in [0, 0.05) is 37.0 Å². The Hall–Kier alpha value is -2.21. The molecule has 0 atom stereocenters. The first kappa shape index (κ1) is 12.8. The lowest BCUT2D eigenvalue weighted by Crippen LogP contribution is -2.28. The van der Waals surface area contributed by atoms with Crippen molar-refractivity contribution in [2.45, 2.75) is 26.4 Å². The molecule has 0 fully saturated rings. The SMILES string of the molecule is Cc1cccnc1CNC(=O)c1n[nH]c2c1CNCC2. The summed E-state index contributed by atoms with van der Waals surface area (Å²) in [7, 11) is 0. The van der Waals surface area contributed by atoms with Gasteiger partial charge in [-0.15, -0.1) is 0 Å². The van der Waals surface area contributed by atoms with E-state index in [1.807, 2.05) is 19.1 Å². The lowest BCUT2D eigenvalue weighted by atomic mass is 10.1. The molecule has 1 aliphatic rings. The van der Waals surface area contributed by atoms with Crippen LogP contribution >= 0.6 is 0 Å². The van der Waals surface area contributed by atoms with Crippen molar-refractivity contribution >= 4 is 5.91 Å². The number of rotatable bonds is 3. The van der Waals surface area contributed by atoms with Gasteiger partial charge in [0.25, 0.3) is 5.91 Å². The minimum Gasteiger partial charge on any atom is -0.345 e. The summed E-state index contributed by atoms with van der Waals surface area (Å²) >= 11 is 0. The van der Waals surface area contributed by atoms with Crippen LogP contribution in [0.15, 0.2) is 18.3 Å². The minimum absolute atomic E-state index is 0.156. The van der Waals surface area contributed by atoms with Crippen molar-refractivity contribution in [1.82, 2.24) is 25.8 Å². The molecule has 2 aromatic heterocycles. The van der Waals surface area contributed by atoms with Crippen LogP contribution in [0.5, 0.6) is 0 Å². The van der Waals surface area contributed by atoms with E-state index in [-0.39, 0.29) is 5.91 Å². The number of H-pyrrole nitrogens is 1. The zero-order valence-corrected chi connectivity index (χ0v) is 11.4. The van der Waals surface area contributed by atoms with E-state index in [0.29, 0.717) is 18.8 Å². The van der Waals surface area contributed by atoms with Gasteiger partial charge in [0.05, 0.1) is 12.2 Å². The largest absolute Gasteiger partial charge is 0.345 e. The van der Waals surface area contributed by atoms with Crippen LogP contribution in [0.2, 0.25) is 0 Å². The molecule has 1 amide bonds. The second-order valence-corrected chi connectivity index (χ2v) is 4.91. The maximum absolute atomic E-state index is 12.2. The lowest BCUT2D eigenvalue weighted by molar-refractivity contribution is 0.0944. The Labute approximate surface area is 117 Å². The van der Waals surface area contributed by atoms with Crippen LogP contribution in [0.25, 0.3) is 0 Å². The summed E-state index contributed by atoms with van der Waals surface area (Å²) in [5.74, 6) is -0.156. The van der Waals surface area contributed by atoms with Crippen molar-refractivity contribution in [3.63, 3.8) is 0 Å². The number of nitrogens with one attached hydrogen (secondary N) is 3. The first-order chi connectivity index (χ1) is 9.75. The summed E-state index contributed by atoms with van der Waals surface area (Å²) in [6, 6.07) is 3.87. The zero-order valence-electron chi connectivity index (χ0n) is 11.4. The molecule has 0 saturated heterocycles. The number of amides is 1. The molecule has 0 bridgehead atoms. The van der Waals surface area contributed by atoms with Crippen LogP contribution in [-0.4, -0.2) is 27.6 Å². The molecular weight excluding hydrogens is 254 g/mol. The fraction of sp³-hybridized carbons (Fsp3) is 0.357. The third-order valence-corrected chi connectivity index (χ3v) is 3.56. The first-order valence-electron chi connectivity index (χ1n) is 6.71. The van der Waals surface area contributed by atoms with Gasteiger partial charge in [-0.05, 0) is 18.6 Å². The van der Waals surface area contributed by atoms with Crippen molar-refractivity contribution in [2.24, 2.45) is 0 Å². The number of pyridine rings is 1. The Morgan fingerprint density at radius 1 is 1.50 bits per heavy atom. The van der Waals surface area contributed by atoms with E-state index in [1.165, 1.54) is 0 Å². The van der Waals surface area contributed by atoms with Crippen LogP contribution < -0.4 is 10.6 Å². The van der Waals surface area contributed by atoms with Gasteiger partial charge in [0.2, 0.25) is 0 Å². The van der Waals surface area contributed by atoms with Gasteiger partial charge in [0.15, 0.2) is 5.69 Å². The van der Waals surface area contributed by atoms with Crippen molar-refractivity contribution < 1.29 is 4.79 Å². The van der Waals surface area contributed by atoms with Crippen molar-refractivity contribution in [2.75, 3.05) is 6.54 Å². The Balaban J connectivity index is 1.71. The summed E-state index contributed by atoms with van der Waals surface area (Å²) in [6.45, 7) is 4.01. The van der Waals surface area contributed by atoms with Gasteiger partial charge in [-0.3, -0.25) is 14.9 Å². The van der Waals surface area contributed by atoms with Crippen LogP contribution in [0.1, 0.15) is 33.0 Å². The molecule has 0 aromatic carbocycles. The molecule has 0 unspecified atom stereocenters. The Morgan fingerprint density at radius 2 is 2.40 bits per heavy atom. The Kier molecular flexibility index (Phi) is 3.47. The van der Waals surface area contributed by atoms with E-state index >= 15 is 0 Å². The predicted octanol–water partition coefficient (Wildman–Crippen LogP) is 0.689. The molecule has 6 heteroatoms. The third kappa shape index (κ3) is 2.42. The maximum atomic E-state index is 12.2. The van der Waals surface area contributed by atoms with Gasteiger partial charge in [0.1, 0.15) is 0 Å². The highest BCUT2D eigenvalue weighted by Gasteiger charge is 2.21. The number of carbonyl (C=O) groups excluding carboxylic acids is 1. The molecule has 0 saturated carbocycles. The number of hydrogen-bond donors (Lipinski definition) is 3. The molecule has 0 aliphatic carbocycles. The average Bonchev–Trinajstić information content (AvgIpc) is 2.90. The summed E-state index contributed by atoms with van der Waals surface area (Å²) in [5.41, 5.74) is 4.47. The van der Waals surface area contributed by atoms with Gasteiger partial charge in [-0.25, -0.2) is 0 Å².